The van der Waals surface area contributed by atoms with Crippen LogP contribution in [0.25, 0.3) is 11.1 Å². The minimum Gasteiger partial charge on any atom is -0.508 e. The van der Waals surface area contributed by atoms with Gasteiger partial charge in [0.25, 0.3) is 0 Å². The van der Waals surface area contributed by atoms with Gasteiger partial charge in [0.1, 0.15) is 12.0 Å². The van der Waals surface area contributed by atoms with E-state index in [1.807, 2.05) is 36.4 Å². The number of hydrogen-bond acceptors (Lipinski definition) is 2. The van der Waals surface area contributed by atoms with Crippen LogP contribution in [0.4, 0.5) is 0 Å². The molecule has 0 unspecified atom stereocenters. The minimum atomic E-state index is 0.192. The molecule has 0 saturated heterocycles. The molecule has 2 heteroatoms. The summed E-state index contributed by atoms with van der Waals surface area (Å²) in [5.41, 5.74) is 4.31. The lowest BCUT2D eigenvalue weighted by Crippen LogP contribution is -2.48. The Hall–Kier alpha value is -2.09. The van der Waals surface area contributed by atoms with Gasteiger partial charge in [0.15, 0.2) is 0 Å². The predicted molar refractivity (Wildman–Crippen MR) is 98.8 cm³/mol. The zero-order chi connectivity index (χ0) is 17.0. The highest BCUT2D eigenvalue weighted by Crippen LogP contribution is 2.62. The summed E-state index contributed by atoms with van der Waals surface area (Å²) in [6.45, 7) is 0. The van der Waals surface area contributed by atoms with Crippen molar-refractivity contribution in [2.45, 2.75) is 43.9 Å². The molecule has 25 heavy (non-hydrogen) atoms. The highest BCUT2D eigenvalue weighted by molar-refractivity contribution is 5.77. The van der Waals surface area contributed by atoms with Gasteiger partial charge in [-0.3, -0.25) is 4.79 Å². The number of carbonyl (C=O) groups is 1. The van der Waals surface area contributed by atoms with Crippen molar-refractivity contribution in [1.82, 2.24) is 0 Å². The maximum Gasteiger partial charge on any atom is 0.150 e. The van der Waals surface area contributed by atoms with E-state index in [2.05, 4.69) is 6.07 Å². The molecule has 4 aliphatic rings. The van der Waals surface area contributed by atoms with E-state index in [1.54, 1.807) is 0 Å². The Morgan fingerprint density at radius 1 is 0.840 bits per heavy atom. The quantitative estimate of drug-likeness (QED) is 0.770. The number of hydrogen-bond donors (Lipinski definition) is 1. The second-order valence-electron chi connectivity index (χ2n) is 8.67. The second kappa shape index (κ2) is 5.45. The average molecular weight is 332 g/mol. The van der Waals surface area contributed by atoms with E-state index in [0.29, 0.717) is 11.3 Å². The second-order valence-corrected chi connectivity index (χ2v) is 8.67. The van der Waals surface area contributed by atoms with E-state index in [1.165, 1.54) is 44.1 Å². The Kier molecular flexibility index (Phi) is 3.31. The van der Waals surface area contributed by atoms with Gasteiger partial charge in [-0.05, 0) is 85.0 Å². The Bertz CT molecular complexity index is 783. The Morgan fingerprint density at radius 2 is 1.40 bits per heavy atom. The lowest BCUT2D eigenvalue weighted by molar-refractivity contribution is -0.00611. The van der Waals surface area contributed by atoms with Crippen LogP contribution < -0.4 is 0 Å². The molecular weight excluding hydrogens is 308 g/mol. The molecule has 4 saturated carbocycles. The molecule has 4 aliphatic carbocycles. The van der Waals surface area contributed by atoms with Crippen molar-refractivity contribution < 1.29 is 9.90 Å². The Balaban J connectivity index is 1.56. The van der Waals surface area contributed by atoms with E-state index in [0.717, 1.165) is 35.2 Å². The Labute approximate surface area is 148 Å². The van der Waals surface area contributed by atoms with E-state index in [4.69, 9.17) is 0 Å². The smallest absolute Gasteiger partial charge is 0.150 e. The largest absolute Gasteiger partial charge is 0.508 e. The first kappa shape index (κ1) is 15.2. The highest BCUT2D eigenvalue weighted by Gasteiger charge is 2.52. The molecule has 4 fully saturated rings. The molecular formula is C23H24O2. The van der Waals surface area contributed by atoms with Crippen molar-refractivity contribution >= 4 is 6.29 Å². The number of aromatic hydroxyl groups is 1. The molecule has 0 radical (unpaired) electrons. The van der Waals surface area contributed by atoms with Gasteiger partial charge in [0.05, 0.1) is 0 Å². The summed E-state index contributed by atoms with van der Waals surface area (Å²) in [7, 11) is 0. The normalized spacial score (nSPS) is 32.7. The van der Waals surface area contributed by atoms with Gasteiger partial charge in [-0.2, -0.15) is 0 Å². The third-order valence-corrected chi connectivity index (χ3v) is 6.99. The molecule has 6 rings (SSSR count). The average Bonchev–Trinajstić information content (AvgIpc) is 2.61. The molecule has 1 N–H and O–H groups in total. The first-order chi connectivity index (χ1) is 12.1. The van der Waals surface area contributed by atoms with Crippen molar-refractivity contribution in [1.29, 1.82) is 0 Å². The third kappa shape index (κ3) is 2.42. The van der Waals surface area contributed by atoms with E-state index in [-0.39, 0.29) is 5.41 Å². The number of benzene rings is 2. The number of rotatable bonds is 3. The summed E-state index contributed by atoms with van der Waals surface area (Å²) in [6.07, 6.45) is 8.86. The summed E-state index contributed by atoms with van der Waals surface area (Å²) in [5.74, 6) is 3.05. The summed E-state index contributed by atoms with van der Waals surface area (Å²) < 4.78 is 0. The molecule has 0 amide bonds. The number of phenolic OH excluding ortho intramolecular Hbond substituents is 1. The molecule has 0 aromatic heterocycles. The van der Waals surface area contributed by atoms with E-state index < -0.39 is 0 Å². The first-order valence-electron chi connectivity index (χ1n) is 9.54. The molecule has 0 spiro atoms. The monoisotopic (exact) mass is 332 g/mol. The van der Waals surface area contributed by atoms with Crippen molar-refractivity contribution in [2.75, 3.05) is 0 Å². The van der Waals surface area contributed by atoms with Crippen LogP contribution in [0.2, 0.25) is 0 Å². The van der Waals surface area contributed by atoms with Crippen LogP contribution in [0.5, 0.6) is 5.75 Å². The van der Waals surface area contributed by atoms with Gasteiger partial charge in [-0.25, -0.2) is 0 Å². The lowest BCUT2D eigenvalue weighted by atomic mass is 9.48. The number of carbonyl (C=O) groups excluding carboxylic acids is 1. The standard InChI is InChI=1S/C23H24O2/c24-14-15-1-3-19(4-2-15)20-5-6-22(25)21(10-20)23-11-16-7-17(12-23)9-18(8-16)13-23/h1-6,10,14,16-18,25H,7-9,11-13H2. The zero-order valence-electron chi connectivity index (χ0n) is 14.4. The van der Waals surface area contributed by atoms with Gasteiger partial charge >= 0.3 is 0 Å². The van der Waals surface area contributed by atoms with Gasteiger partial charge in [0.2, 0.25) is 0 Å². The van der Waals surface area contributed by atoms with Crippen molar-refractivity contribution in [3.05, 3.63) is 53.6 Å². The van der Waals surface area contributed by atoms with Crippen molar-refractivity contribution in [3.63, 3.8) is 0 Å². The van der Waals surface area contributed by atoms with Gasteiger partial charge in [-0.15, -0.1) is 0 Å². The van der Waals surface area contributed by atoms with E-state index in [9.17, 15) is 9.90 Å². The number of aldehydes is 1. The minimum absolute atomic E-state index is 0.192. The molecule has 2 aromatic carbocycles. The van der Waals surface area contributed by atoms with Gasteiger partial charge in [0, 0.05) is 11.1 Å². The van der Waals surface area contributed by atoms with Crippen LogP contribution in [0.1, 0.15) is 54.4 Å². The van der Waals surface area contributed by atoms with Gasteiger partial charge < -0.3 is 5.11 Å². The fraction of sp³-hybridized carbons (Fsp3) is 0.435. The lowest BCUT2D eigenvalue weighted by Gasteiger charge is -2.57. The van der Waals surface area contributed by atoms with Crippen LogP contribution in [-0.4, -0.2) is 11.4 Å². The van der Waals surface area contributed by atoms with Crippen molar-refractivity contribution in [2.24, 2.45) is 17.8 Å². The highest BCUT2D eigenvalue weighted by atomic mass is 16.3. The van der Waals surface area contributed by atoms with E-state index >= 15 is 0 Å². The topological polar surface area (TPSA) is 37.3 Å². The summed E-state index contributed by atoms with van der Waals surface area (Å²) >= 11 is 0. The molecule has 2 aromatic rings. The molecule has 2 nitrogen and oxygen atoms in total. The molecule has 0 atom stereocenters. The van der Waals surface area contributed by atoms with Crippen LogP contribution in [0.3, 0.4) is 0 Å². The fourth-order valence-corrected chi connectivity index (χ4v) is 6.34. The molecule has 0 heterocycles. The first-order valence-corrected chi connectivity index (χ1v) is 9.54. The zero-order valence-corrected chi connectivity index (χ0v) is 14.4. The predicted octanol–water partition coefficient (Wildman–Crippen LogP) is 5.34. The van der Waals surface area contributed by atoms with Crippen LogP contribution in [0.15, 0.2) is 42.5 Å². The maximum absolute atomic E-state index is 10.9. The third-order valence-electron chi connectivity index (χ3n) is 6.99. The molecule has 0 aliphatic heterocycles. The van der Waals surface area contributed by atoms with Crippen LogP contribution >= 0.6 is 0 Å². The van der Waals surface area contributed by atoms with Crippen LogP contribution in [0, 0.1) is 17.8 Å². The Morgan fingerprint density at radius 3 is 1.96 bits per heavy atom. The maximum atomic E-state index is 10.9. The van der Waals surface area contributed by atoms with Gasteiger partial charge in [-0.1, -0.05) is 30.3 Å². The molecule has 4 bridgehead atoms. The van der Waals surface area contributed by atoms with Crippen molar-refractivity contribution in [3.8, 4) is 16.9 Å². The SMILES string of the molecule is O=Cc1ccc(-c2ccc(O)c(C34CC5CC(CC(C5)C3)C4)c2)cc1. The fourth-order valence-electron chi connectivity index (χ4n) is 6.34. The summed E-state index contributed by atoms with van der Waals surface area (Å²) in [5, 5.41) is 10.7. The summed E-state index contributed by atoms with van der Waals surface area (Å²) in [4.78, 5) is 10.9. The molecule has 128 valence electrons. The summed E-state index contributed by atoms with van der Waals surface area (Å²) in [6, 6.07) is 13.8. The number of phenols is 1. The van der Waals surface area contributed by atoms with Crippen LogP contribution in [-0.2, 0) is 5.41 Å².